The molecule has 3 nitrogen and oxygen atoms in total. The first-order valence-electron chi connectivity index (χ1n) is 7.56. The van der Waals surface area contributed by atoms with Crippen LogP contribution in [0.25, 0.3) is 0 Å². The van der Waals surface area contributed by atoms with Crippen molar-refractivity contribution < 1.29 is 4.79 Å². The highest BCUT2D eigenvalue weighted by Gasteiger charge is 2.34. The molecule has 1 fully saturated rings. The normalized spacial score (nSPS) is 15.6. The second-order valence-electron chi connectivity index (χ2n) is 6.00. The number of hydrogen-bond donors (Lipinski definition) is 1. The molecule has 0 spiro atoms. The maximum Gasteiger partial charge on any atom is 0.217 e. The Hall–Kier alpha value is -1.55. The van der Waals surface area contributed by atoms with Crippen LogP contribution in [0, 0.1) is 5.92 Å². The molecule has 3 rings (SSSR count). The zero-order chi connectivity index (χ0) is 16.4. The number of carbonyl (C=O) groups is 1. The molecule has 2 N–H and O–H groups in total. The van der Waals surface area contributed by atoms with Crippen molar-refractivity contribution in [3.8, 4) is 0 Å². The third-order valence-electron chi connectivity index (χ3n) is 4.21. The van der Waals surface area contributed by atoms with Gasteiger partial charge in [0.15, 0.2) is 0 Å². The van der Waals surface area contributed by atoms with Crippen LogP contribution in [0.15, 0.2) is 48.5 Å². The number of nitrogens with two attached hydrogens (primary N) is 1. The quantitative estimate of drug-likeness (QED) is 0.890. The fraction of sp³-hybridized carbons (Fsp3) is 0.278. The van der Waals surface area contributed by atoms with E-state index >= 15 is 0 Å². The van der Waals surface area contributed by atoms with Crippen LogP contribution in [0.3, 0.4) is 0 Å². The third-order valence-corrected chi connectivity index (χ3v) is 4.72. The highest BCUT2D eigenvalue weighted by atomic mass is 35.5. The number of benzene rings is 2. The van der Waals surface area contributed by atoms with E-state index in [-0.39, 0.29) is 11.9 Å². The molecule has 23 heavy (non-hydrogen) atoms. The summed E-state index contributed by atoms with van der Waals surface area (Å²) in [5, 5.41) is 1.44. The standard InChI is InChI=1S/C18H18Cl2N2O/c19-15-5-1-13(2-6-15)18(14-3-7-16(20)8-4-14)22-10-12(11-22)9-17(21)23/h1-8,12,18H,9-11H2,(H2,21,23). The summed E-state index contributed by atoms with van der Waals surface area (Å²) in [5.41, 5.74) is 7.64. The van der Waals surface area contributed by atoms with Crippen LogP contribution >= 0.6 is 23.2 Å². The van der Waals surface area contributed by atoms with Gasteiger partial charge in [0.1, 0.15) is 0 Å². The summed E-state index contributed by atoms with van der Waals surface area (Å²) in [6.07, 6.45) is 0.449. The van der Waals surface area contributed by atoms with Crippen molar-refractivity contribution in [2.45, 2.75) is 12.5 Å². The Bertz CT molecular complexity index is 634. The SMILES string of the molecule is NC(=O)CC1CN(C(c2ccc(Cl)cc2)c2ccc(Cl)cc2)C1. The van der Waals surface area contributed by atoms with Crippen molar-refractivity contribution in [3.05, 3.63) is 69.7 Å². The van der Waals surface area contributed by atoms with Gasteiger partial charge in [0.05, 0.1) is 6.04 Å². The number of amides is 1. The monoisotopic (exact) mass is 348 g/mol. The second kappa shape index (κ2) is 6.91. The zero-order valence-corrected chi connectivity index (χ0v) is 14.1. The molecule has 0 atom stereocenters. The number of rotatable bonds is 5. The molecule has 2 aromatic rings. The van der Waals surface area contributed by atoms with Crippen LogP contribution in [0.2, 0.25) is 10.0 Å². The van der Waals surface area contributed by atoms with Gasteiger partial charge in [0, 0.05) is 29.6 Å². The van der Waals surface area contributed by atoms with Crippen molar-refractivity contribution >= 4 is 29.1 Å². The molecule has 1 aliphatic rings. The molecule has 1 aliphatic heterocycles. The number of halogens is 2. The van der Waals surface area contributed by atoms with E-state index in [2.05, 4.69) is 4.90 Å². The minimum atomic E-state index is -0.232. The molecular weight excluding hydrogens is 331 g/mol. The topological polar surface area (TPSA) is 46.3 Å². The number of primary amides is 1. The Balaban J connectivity index is 1.84. The van der Waals surface area contributed by atoms with Crippen molar-refractivity contribution in [1.29, 1.82) is 0 Å². The molecule has 5 heteroatoms. The molecule has 0 aromatic heterocycles. The minimum absolute atomic E-state index is 0.133. The first-order valence-corrected chi connectivity index (χ1v) is 8.32. The molecule has 2 aromatic carbocycles. The van der Waals surface area contributed by atoms with Crippen LogP contribution < -0.4 is 5.73 Å². The van der Waals surface area contributed by atoms with Crippen LogP contribution in [0.5, 0.6) is 0 Å². The fourth-order valence-corrected chi connectivity index (χ4v) is 3.39. The molecule has 1 amide bonds. The summed E-state index contributed by atoms with van der Waals surface area (Å²) >= 11 is 12.0. The maximum atomic E-state index is 11.1. The predicted molar refractivity (Wildman–Crippen MR) is 93.6 cm³/mol. The average molecular weight is 349 g/mol. The van der Waals surface area contributed by atoms with E-state index in [1.807, 2.05) is 48.5 Å². The average Bonchev–Trinajstić information content (AvgIpc) is 2.48. The molecule has 0 aliphatic carbocycles. The van der Waals surface area contributed by atoms with Crippen molar-refractivity contribution in [2.75, 3.05) is 13.1 Å². The number of hydrogen-bond acceptors (Lipinski definition) is 2. The van der Waals surface area contributed by atoms with Crippen molar-refractivity contribution in [3.63, 3.8) is 0 Å². The summed E-state index contributed by atoms with van der Waals surface area (Å²) in [6.45, 7) is 1.72. The summed E-state index contributed by atoms with van der Waals surface area (Å²) < 4.78 is 0. The van der Waals surface area contributed by atoms with E-state index in [0.29, 0.717) is 12.3 Å². The molecule has 1 saturated heterocycles. The van der Waals surface area contributed by atoms with Crippen LogP contribution in [-0.2, 0) is 4.79 Å². The second-order valence-corrected chi connectivity index (χ2v) is 6.87. The fourth-order valence-electron chi connectivity index (χ4n) is 3.14. The Kier molecular flexibility index (Phi) is 4.90. The smallest absolute Gasteiger partial charge is 0.217 e. The van der Waals surface area contributed by atoms with E-state index in [1.165, 1.54) is 11.1 Å². The van der Waals surface area contributed by atoms with Gasteiger partial charge in [-0.2, -0.15) is 0 Å². The van der Waals surface area contributed by atoms with E-state index in [0.717, 1.165) is 23.1 Å². The van der Waals surface area contributed by atoms with Gasteiger partial charge in [-0.3, -0.25) is 9.69 Å². The maximum absolute atomic E-state index is 11.1. The number of nitrogens with zero attached hydrogens (tertiary/aromatic N) is 1. The Morgan fingerprint density at radius 2 is 1.43 bits per heavy atom. The molecule has 0 saturated carbocycles. The van der Waals surface area contributed by atoms with Crippen molar-refractivity contribution in [1.82, 2.24) is 4.90 Å². The molecule has 0 unspecified atom stereocenters. The van der Waals surface area contributed by atoms with Gasteiger partial charge in [0.2, 0.25) is 5.91 Å². The van der Waals surface area contributed by atoms with Gasteiger partial charge in [-0.25, -0.2) is 0 Å². The highest BCUT2D eigenvalue weighted by Crippen LogP contribution is 2.36. The van der Waals surface area contributed by atoms with Crippen LogP contribution in [-0.4, -0.2) is 23.9 Å². The lowest BCUT2D eigenvalue weighted by atomic mass is 9.88. The van der Waals surface area contributed by atoms with Gasteiger partial charge in [-0.15, -0.1) is 0 Å². The van der Waals surface area contributed by atoms with Gasteiger partial charge in [-0.1, -0.05) is 47.5 Å². The minimum Gasteiger partial charge on any atom is -0.370 e. The van der Waals surface area contributed by atoms with E-state index in [1.54, 1.807) is 0 Å². The van der Waals surface area contributed by atoms with E-state index in [4.69, 9.17) is 28.9 Å². The lowest BCUT2D eigenvalue weighted by Gasteiger charge is -2.44. The largest absolute Gasteiger partial charge is 0.370 e. The van der Waals surface area contributed by atoms with E-state index < -0.39 is 0 Å². The van der Waals surface area contributed by atoms with Gasteiger partial charge < -0.3 is 5.73 Å². The van der Waals surface area contributed by atoms with Gasteiger partial charge in [-0.05, 0) is 41.3 Å². The first-order chi connectivity index (χ1) is 11.0. The Labute approximate surface area is 146 Å². The van der Waals surface area contributed by atoms with Crippen LogP contribution in [0.1, 0.15) is 23.6 Å². The molecule has 0 radical (unpaired) electrons. The van der Waals surface area contributed by atoms with Gasteiger partial charge in [0.25, 0.3) is 0 Å². The Morgan fingerprint density at radius 1 is 1.00 bits per heavy atom. The van der Waals surface area contributed by atoms with E-state index in [9.17, 15) is 4.79 Å². The third kappa shape index (κ3) is 3.86. The zero-order valence-electron chi connectivity index (χ0n) is 12.6. The molecular formula is C18H18Cl2N2O. The number of carbonyl (C=O) groups excluding carboxylic acids is 1. The molecule has 120 valence electrons. The summed E-state index contributed by atoms with van der Waals surface area (Å²) in [4.78, 5) is 13.4. The summed E-state index contributed by atoms with van der Waals surface area (Å²) in [6, 6.07) is 15.9. The highest BCUT2D eigenvalue weighted by molar-refractivity contribution is 6.30. The predicted octanol–water partition coefficient (Wildman–Crippen LogP) is 3.89. The lowest BCUT2D eigenvalue weighted by Crippen LogP contribution is -2.49. The van der Waals surface area contributed by atoms with Gasteiger partial charge >= 0.3 is 0 Å². The lowest BCUT2D eigenvalue weighted by molar-refractivity contribution is -0.120. The summed E-state index contributed by atoms with van der Waals surface area (Å²) in [7, 11) is 0. The first kappa shape index (κ1) is 16.3. The van der Waals surface area contributed by atoms with Crippen LogP contribution in [0.4, 0.5) is 0 Å². The summed E-state index contributed by atoms with van der Waals surface area (Å²) in [5.74, 6) is 0.110. The van der Waals surface area contributed by atoms with Crippen molar-refractivity contribution in [2.24, 2.45) is 11.7 Å². The Morgan fingerprint density at radius 3 is 1.83 bits per heavy atom. The number of likely N-dealkylation sites (tertiary alicyclic amines) is 1. The molecule has 0 bridgehead atoms. The molecule has 1 heterocycles.